The number of aromatic nitrogens is 1. The Labute approximate surface area is 184 Å². The Kier molecular flexibility index (Phi) is 5.79. The van der Waals surface area contributed by atoms with Gasteiger partial charge in [-0.3, -0.25) is 4.98 Å². The van der Waals surface area contributed by atoms with Gasteiger partial charge in [0.25, 0.3) is 0 Å². The number of nitrogens with zero attached hydrogens (tertiary/aromatic N) is 1. The molecule has 2 heterocycles. The summed E-state index contributed by atoms with van der Waals surface area (Å²) in [6, 6.07) is 28.7. The highest BCUT2D eigenvalue weighted by molar-refractivity contribution is 5.99. The molecule has 3 heteroatoms. The zero-order valence-electron chi connectivity index (χ0n) is 18.0. The van der Waals surface area contributed by atoms with Gasteiger partial charge in [-0.1, -0.05) is 60.7 Å². The molecule has 156 valence electrons. The largest absolute Gasteiger partial charge is 0.381 e. The quantitative estimate of drug-likeness (QED) is 0.430. The fourth-order valence-corrected chi connectivity index (χ4v) is 4.49. The van der Waals surface area contributed by atoms with Crippen LogP contribution in [0.25, 0.3) is 33.2 Å². The minimum absolute atomic E-state index is 0.541. The van der Waals surface area contributed by atoms with Crippen LogP contribution in [0.3, 0.4) is 0 Å². The molecule has 0 amide bonds. The number of aryl methyl sites for hydroxylation is 1. The van der Waals surface area contributed by atoms with Gasteiger partial charge in [0.15, 0.2) is 0 Å². The summed E-state index contributed by atoms with van der Waals surface area (Å²) >= 11 is 0. The van der Waals surface area contributed by atoms with Crippen LogP contribution in [0.1, 0.15) is 24.1 Å². The van der Waals surface area contributed by atoms with E-state index in [9.17, 15) is 0 Å². The second-order valence-corrected chi connectivity index (χ2v) is 8.34. The molecular formula is C28H28N2O. The van der Waals surface area contributed by atoms with Gasteiger partial charge in [0, 0.05) is 36.9 Å². The molecule has 0 atom stereocenters. The van der Waals surface area contributed by atoms with Crippen LogP contribution in [-0.2, 0) is 11.3 Å². The SMILES string of the molecule is Cc1cc(-c2ccccc2-c2ccccc2)c2cc(CNC3CCOCC3)ccc2n1. The van der Waals surface area contributed by atoms with Crippen LogP contribution in [0.15, 0.2) is 78.9 Å². The van der Waals surface area contributed by atoms with Crippen molar-refractivity contribution in [3.05, 3.63) is 90.1 Å². The Morgan fingerprint density at radius 2 is 1.58 bits per heavy atom. The molecule has 0 spiro atoms. The Balaban J connectivity index is 1.56. The van der Waals surface area contributed by atoms with Gasteiger partial charge in [-0.05, 0) is 65.8 Å². The van der Waals surface area contributed by atoms with Crippen LogP contribution in [0.5, 0.6) is 0 Å². The van der Waals surface area contributed by atoms with Crippen LogP contribution in [0.4, 0.5) is 0 Å². The van der Waals surface area contributed by atoms with Crippen LogP contribution in [-0.4, -0.2) is 24.2 Å². The number of nitrogens with one attached hydrogen (secondary N) is 1. The third-order valence-electron chi connectivity index (χ3n) is 6.12. The maximum absolute atomic E-state index is 5.48. The number of pyridine rings is 1. The van der Waals surface area contributed by atoms with E-state index in [1.54, 1.807) is 0 Å². The Hall–Kier alpha value is -3.01. The van der Waals surface area contributed by atoms with Crippen molar-refractivity contribution >= 4 is 10.9 Å². The predicted octanol–water partition coefficient (Wildman–Crippen LogP) is 6.15. The Morgan fingerprint density at radius 3 is 2.39 bits per heavy atom. The summed E-state index contributed by atoms with van der Waals surface area (Å²) in [5, 5.41) is 4.92. The molecule has 31 heavy (non-hydrogen) atoms. The van der Waals surface area contributed by atoms with E-state index in [4.69, 9.17) is 9.72 Å². The van der Waals surface area contributed by atoms with Crippen LogP contribution >= 0.6 is 0 Å². The maximum Gasteiger partial charge on any atom is 0.0711 e. The fourth-order valence-electron chi connectivity index (χ4n) is 4.49. The van der Waals surface area contributed by atoms with E-state index in [2.05, 4.69) is 91.1 Å². The fraction of sp³-hybridized carbons (Fsp3) is 0.250. The first-order chi connectivity index (χ1) is 15.3. The lowest BCUT2D eigenvalue weighted by molar-refractivity contribution is 0.0776. The van der Waals surface area contributed by atoms with Gasteiger partial charge < -0.3 is 10.1 Å². The van der Waals surface area contributed by atoms with E-state index in [1.807, 2.05) is 0 Å². The molecule has 0 radical (unpaired) electrons. The average Bonchev–Trinajstić information content (AvgIpc) is 2.83. The highest BCUT2D eigenvalue weighted by atomic mass is 16.5. The molecule has 1 aliphatic heterocycles. The lowest BCUT2D eigenvalue weighted by Gasteiger charge is -2.23. The molecule has 0 saturated carbocycles. The van der Waals surface area contributed by atoms with Gasteiger partial charge in [0.05, 0.1) is 5.52 Å². The molecule has 5 rings (SSSR count). The minimum Gasteiger partial charge on any atom is -0.381 e. The van der Waals surface area contributed by atoms with Crippen molar-refractivity contribution in [3.8, 4) is 22.3 Å². The number of hydrogen-bond acceptors (Lipinski definition) is 3. The van der Waals surface area contributed by atoms with Gasteiger partial charge >= 0.3 is 0 Å². The molecule has 1 N–H and O–H groups in total. The zero-order valence-corrected chi connectivity index (χ0v) is 18.0. The van der Waals surface area contributed by atoms with Crippen molar-refractivity contribution in [2.75, 3.05) is 13.2 Å². The first-order valence-corrected chi connectivity index (χ1v) is 11.1. The highest BCUT2D eigenvalue weighted by Crippen LogP contribution is 2.36. The third-order valence-corrected chi connectivity index (χ3v) is 6.12. The van der Waals surface area contributed by atoms with Crippen molar-refractivity contribution in [3.63, 3.8) is 0 Å². The summed E-state index contributed by atoms with van der Waals surface area (Å²) < 4.78 is 5.48. The first-order valence-electron chi connectivity index (χ1n) is 11.1. The van der Waals surface area contributed by atoms with E-state index in [0.29, 0.717) is 6.04 Å². The molecule has 0 bridgehead atoms. The molecular weight excluding hydrogens is 380 g/mol. The minimum atomic E-state index is 0.541. The second kappa shape index (κ2) is 9.01. The molecule has 1 aromatic heterocycles. The topological polar surface area (TPSA) is 34.1 Å². The zero-order chi connectivity index (χ0) is 21.0. The molecule has 1 saturated heterocycles. The summed E-state index contributed by atoms with van der Waals surface area (Å²) in [4.78, 5) is 4.82. The first kappa shape index (κ1) is 19.9. The third kappa shape index (κ3) is 4.39. The standard InChI is InChI=1S/C28H28N2O/c1-20-17-26(25-10-6-5-9-24(25)22-7-3-2-4-8-22)27-18-21(11-12-28(27)30-20)19-29-23-13-15-31-16-14-23/h2-12,17-18,23,29H,13-16,19H2,1H3. The molecule has 1 fully saturated rings. The summed E-state index contributed by atoms with van der Waals surface area (Å²) in [7, 11) is 0. The lowest BCUT2D eigenvalue weighted by Crippen LogP contribution is -2.34. The number of ether oxygens (including phenoxy) is 1. The normalized spacial score (nSPS) is 14.7. The maximum atomic E-state index is 5.48. The summed E-state index contributed by atoms with van der Waals surface area (Å²) in [5.74, 6) is 0. The van der Waals surface area contributed by atoms with E-state index in [-0.39, 0.29) is 0 Å². The number of hydrogen-bond donors (Lipinski definition) is 1. The van der Waals surface area contributed by atoms with Crippen molar-refractivity contribution in [2.24, 2.45) is 0 Å². The molecule has 0 aliphatic carbocycles. The lowest BCUT2D eigenvalue weighted by atomic mass is 9.92. The summed E-state index contributed by atoms with van der Waals surface area (Å²) in [6.07, 6.45) is 2.17. The monoisotopic (exact) mass is 408 g/mol. The van der Waals surface area contributed by atoms with Gasteiger partial charge in [0.1, 0.15) is 0 Å². The number of fused-ring (bicyclic) bond motifs is 1. The van der Waals surface area contributed by atoms with E-state index in [1.165, 1.54) is 33.2 Å². The Morgan fingerprint density at radius 1 is 0.839 bits per heavy atom. The number of benzene rings is 3. The van der Waals surface area contributed by atoms with Gasteiger partial charge in [-0.2, -0.15) is 0 Å². The highest BCUT2D eigenvalue weighted by Gasteiger charge is 2.15. The van der Waals surface area contributed by atoms with E-state index in [0.717, 1.165) is 43.8 Å². The molecule has 3 nitrogen and oxygen atoms in total. The summed E-state index contributed by atoms with van der Waals surface area (Å²) in [5.41, 5.74) is 8.36. The number of rotatable bonds is 5. The van der Waals surface area contributed by atoms with Gasteiger partial charge in [-0.25, -0.2) is 0 Å². The summed E-state index contributed by atoms with van der Waals surface area (Å²) in [6.45, 7) is 4.67. The van der Waals surface area contributed by atoms with Crippen LogP contribution in [0, 0.1) is 6.92 Å². The van der Waals surface area contributed by atoms with Crippen LogP contribution < -0.4 is 5.32 Å². The predicted molar refractivity (Wildman–Crippen MR) is 128 cm³/mol. The van der Waals surface area contributed by atoms with Crippen LogP contribution in [0.2, 0.25) is 0 Å². The Bertz CT molecular complexity index is 1180. The van der Waals surface area contributed by atoms with Crippen molar-refractivity contribution in [1.82, 2.24) is 10.3 Å². The van der Waals surface area contributed by atoms with E-state index >= 15 is 0 Å². The second-order valence-electron chi connectivity index (χ2n) is 8.34. The average molecular weight is 409 g/mol. The molecule has 3 aromatic carbocycles. The van der Waals surface area contributed by atoms with Gasteiger partial charge in [0.2, 0.25) is 0 Å². The smallest absolute Gasteiger partial charge is 0.0711 e. The molecule has 1 aliphatic rings. The van der Waals surface area contributed by atoms with Crippen molar-refractivity contribution in [2.45, 2.75) is 32.4 Å². The van der Waals surface area contributed by atoms with Gasteiger partial charge in [-0.15, -0.1) is 0 Å². The van der Waals surface area contributed by atoms with Crippen molar-refractivity contribution < 1.29 is 4.74 Å². The molecule has 4 aromatic rings. The van der Waals surface area contributed by atoms with Crippen molar-refractivity contribution in [1.29, 1.82) is 0 Å². The van der Waals surface area contributed by atoms with E-state index < -0.39 is 0 Å². The molecule has 0 unspecified atom stereocenters.